The zero-order valence-electron chi connectivity index (χ0n) is 27.2. The van der Waals surface area contributed by atoms with Crippen LogP contribution in [0.1, 0.15) is 49.7 Å². The molecule has 0 aliphatic heterocycles. The van der Waals surface area contributed by atoms with Crippen LogP contribution in [0.5, 0.6) is 0 Å². The van der Waals surface area contributed by atoms with E-state index < -0.39 is 33.4 Å². The van der Waals surface area contributed by atoms with Gasteiger partial charge >= 0.3 is 0 Å². The van der Waals surface area contributed by atoms with E-state index in [1.54, 1.807) is 54.1 Å². The van der Waals surface area contributed by atoms with Crippen molar-refractivity contribution in [1.29, 1.82) is 0 Å². The number of hydrogen-bond donors (Lipinski definition) is 1. The highest BCUT2D eigenvalue weighted by atomic mass is 32.2. The summed E-state index contributed by atoms with van der Waals surface area (Å²) in [6.07, 6.45) is 16.3. The minimum Gasteiger partial charge on any atom is -0.392 e. The van der Waals surface area contributed by atoms with Crippen LogP contribution < -0.4 is 0 Å². The second-order valence-corrected chi connectivity index (χ2v) is 16.0. The Hall–Kier alpha value is -3.49. The number of nitrogens with zero attached hydrogens (tertiary/aromatic N) is 2. The molecule has 0 radical (unpaired) electrons. The van der Waals surface area contributed by atoms with Crippen molar-refractivity contribution in [3.05, 3.63) is 107 Å². The Morgan fingerprint density at radius 3 is 1.54 bits per heavy atom. The Kier molecular flexibility index (Phi) is 13.3. The van der Waals surface area contributed by atoms with Crippen LogP contribution in [0.15, 0.2) is 83.1 Å². The Morgan fingerprint density at radius 2 is 1.18 bits per heavy atom. The summed E-state index contributed by atoms with van der Waals surface area (Å²) in [5.74, 6) is -2.76. The molecule has 6 rings (SSSR count). The van der Waals surface area contributed by atoms with Crippen LogP contribution in [0.4, 0.5) is 17.6 Å². The molecular formula is C37H36F4N2O4S3. The van der Waals surface area contributed by atoms with Gasteiger partial charge in [-0.2, -0.15) is 8.42 Å². The van der Waals surface area contributed by atoms with Gasteiger partial charge in [0.1, 0.15) is 33.3 Å². The molecule has 0 atom stereocenters. The molecule has 4 aromatic rings. The van der Waals surface area contributed by atoms with Crippen LogP contribution >= 0.6 is 23.5 Å². The maximum Gasteiger partial charge on any atom is 0.264 e. The lowest BCUT2D eigenvalue weighted by atomic mass is 10.00. The quantitative estimate of drug-likeness (QED) is 0.113. The molecule has 0 unspecified atom stereocenters. The number of pyridine rings is 2. The highest BCUT2D eigenvalue weighted by Crippen LogP contribution is 2.41. The number of hydrogen-bond acceptors (Lipinski definition) is 8. The van der Waals surface area contributed by atoms with Crippen molar-refractivity contribution >= 4 is 45.8 Å². The van der Waals surface area contributed by atoms with Crippen molar-refractivity contribution in [1.82, 2.24) is 9.97 Å². The second-order valence-electron chi connectivity index (χ2n) is 11.7. The Labute approximate surface area is 298 Å². The molecular weight excluding hydrogens is 709 g/mol. The largest absolute Gasteiger partial charge is 0.392 e. The summed E-state index contributed by atoms with van der Waals surface area (Å²) in [6.45, 7) is -0.546. The predicted molar refractivity (Wildman–Crippen MR) is 192 cm³/mol. The minimum atomic E-state index is -3.60. The number of benzene rings is 2. The third kappa shape index (κ3) is 10.3. The Morgan fingerprint density at radius 1 is 0.760 bits per heavy atom. The molecule has 2 aliphatic rings. The van der Waals surface area contributed by atoms with E-state index in [4.69, 9.17) is 5.11 Å². The summed E-state index contributed by atoms with van der Waals surface area (Å²) >= 11 is 3.32. The predicted octanol–water partition coefficient (Wildman–Crippen LogP) is 9.34. The van der Waals surface area contributed by atoms with E-state index in [0.717, 1.165) is 47.6 Å². The van der Waals surface area contributed by atoms with Gasteiger partial charge in [-0.3, -0.25) is 4.18 Å². The Bertz CT molecular complexity index is 1920. The summed E-state index contributed by atoms with van der Waals surface area (Å²) in [6, 6.07) is 12.3. The van der Waals surface area contributed by atoms with Crippen LogP contribution in [0.3, 0.4) is 0 Å². The van der Waals surface area contributed by atoms with Crippen molar-refractivity contribution in [2.75, 3.05) is 19.5 Å². The first-order valence-corrected chi connectivity index (χ1v) is 19.6. The van der Waals surface area contributed by atoms with Crippen molar-refractivity contribution in [3.63, 3.8) is 0 Å². The minimum absolute atomic E-state index is 0.139. The van der Waals surface area contributed by atoms with Gasteiger partial charge in [0.15, 0.2) is 0 Å². The topological polar surface area (TPSA) is 89.4 Å². The first-order chi connectivity index (χ1) is 24.0. The lowest BCUT2D eigenvalue weighted by Gasteiger charge is -2.25. The van der Waals surface area contributed by atoms with Crippen LogP contribution in [-0.4, -0.2) is 53.5 Å². The average molecular weight is 745 g/mol. The summed E-state index contributed by atoms with van der Waals surface area (Å²) in [4.78, 5) is 8.75. The van der Waals surface area contributed by atoms with Gasteiger partial charge in [0, 0.05) is 45.1 Å². The number of aliphatic hydroxyl groups is 1. The fourth-order valence-corrected chi connectivity index (χ4v) is 7.96. The fourth-order valence-electron chi connectivity index (χ4n) is 5.00. The standard InChI is InChI=1S/C19H19F2NO3S2.C18H17F2NOS/c1-27(23,24)25-10-4-8-16-17(20)11-13(12-18(16)21)15-7-3-9-22-19(15)26-14-5-2-6-14;19-16-10-12(11-17(20)15(16)7-3-9-22)14-6-2-8-21-18(14)23-13-4-1-5-13/h3-4,7-9,11-12,14H,2,5-6,10H2,1H3;2-3,6-8,10-11,13,22H,1,4-5,9H2/b8-4+;7-3+. The highest BCUT2D eigenvalue weighted by Gasteiger charge is 2.23. The molecule has 264 valence electrons. The number of thioether (sulfide) groups is 2. The van der Waals surface area contributed by atoms with Crippen LogP contribution in [0, 0.1) is 23.3 Å². The Balaban J connectivity index is 0.000000197. The van der Waals surface area contributed by atoms with Crippen molar-refractivity contribution in [2.45, 2.75) is 59.1 Å². The monoisotopic (exact) mass is 744 g/mol. The van der Waals surface area contributed by atoms with Crippen molar-refractivity contribution in [3.8, 4) is 22.3 Å². The fraction of sp³-hybridized carbons (Fsp3) is 0.297. The first-order valence-electron chi connectivity index (χ1n) is 16.0. The first kappa shape index (κ1) is 37.8. The summed E-state index contributed by atoms with van der Waals surface area (Å²) in [7, 11) is -3.60. The van der Waals surface area contributed by atoms with E-state index in [1.807, 2.05) is 6.07 Å². The maximum absolute atomic E-state index is 14.5. The molecule has 0 amide bonds. The molecule has 2 fully saturated rings. The molecule has 2 aromatic heterocycles. The van der Waals surface area contributed by atoms with Gasteiger partial charge in [0.05, 0.1) is 19.5 Å². The van der Waals surface area contributed by atoms with E-state index in [9.17, 15) is 26.0 Å². The zero-order chi connectivity index (χ0) is 35.7. The lowest BCUT2D eigenvalue weighted by Crippen LogP contribution is -2.13. The van der Waals surface area contributed by atoms with Crippen molar-refractivity contribution in [2.24, 2.45) is 0 Å². The molecule has 0 spiro atoms. The number of halogens is 4. The molecule has 1 N–H and O–H groups in total. The van der Waals surface area contributed by atoms with Gasteiger partial charge in [-0.05, 0) is 73.2 Å². The van der Waals surface area contributed by atoms with Crippen LogP contribution in [0.25, 0.3) is 34.4 Å². The molecule has 6 nitrogen and oxygen atoms in total. The molecule has 50 heavy (non-hydrogen) atoms. The summed E-state index contributed by atoms with van der Waals surface area (Å²) < 4.78 is 83.6. The van der Waals surface area contributed by atoms with Crippen molar-refractivity contribution < 1.29 is 35.3 Å². The van der Waals surface area contributed by atoms with E-state index in [-0.39, 0.29) is 24.3 Å². The van der Waals surface area contributed by atoms with Gasteiger partial charge in [0.2, 0.25) is 0 Å². The van der Waals surface area contributed by atoms with Gasteiger partial charge in [-0.1, -0.05) is 49.3 Å². The lowest BCUT2D eigenvalue weighted by molar-refractivity contribution is 0.343. The molecule has 0 bridgehead atoms. The zero-order valence-corrected chi connectivity index (χ0v) is 29.6. The highest BCUT2D eigenvalue weighted by molar-refractivity contribution is 8.00. The number of aliphatic hydroxyl groups excluding tert-OH is 1. The molecule has 2 heterocycles. The van der Waals surface area contributed by atoms with Gasteiger partial charge in [-0.25, -0.2) is 27.5 Å². The summed E-state index contributed by atoms with van der Waals surface area (Å²) in [5.41, 5.74) is 1.97. The average Bonchev–Trinajstić information content (AvgIpc) is 3.03. The van der Waals surface area contributed by atoms with E-state index >= 15 is 0 Å². The van der Waals surface area contributed by atoms with E-state index in [0.29, 0.717) is 27.2 Å². The molecule has 2 aliphatic carbocycles. The molecule has 0 saturated heterocycles. The number of rotatable bonds is 12. The SMILES string of the molecule is CS(=O)(=O)OC/C=C/c1c(F)cc(-c2cccnc2SC2CCC2)cc1F.OC/C=C/c1c(F)cc(-c2cccnc2SC2CCC2)cc1F. The second kappa shape index (κ2) is 17.6. The van der Waals surface area contributed by atoms with Gasteiger partial charge < -0.3 is 5.11 Å². The smallest absolute Gasteiger partial charge is 0.264 e. The third-order valence-corrected chi connectivity index (χ3v) is 11.3. The maximum atomic E-state index is 14.5. The van der Waals surface area contributed by atoms with Gasteiger partial charge in [0.25, 0.3) is 10.1 Å². The van der Waals surface area contributed by atoms with E-state index in [1.165, 1.54) is 61.4 Å². The van der Waals surface area contributed by atoms with Crippen LogP contribution in [-0.2, 0) is 14.3 Å². The normalized spacial score (nSPS) is 15.2. The van der Waals surface area contributed by atoms with Gasteiger partial charge in [-0.15, -0.1) is 23.5 Å². The summed E-state index contributed by atoms with van der Waals surface area (Å²) in [5, 5.41) is 11.4. The van der Waals surface area contributed by atoms with Crippen LogP contribution in [0.2, 0.25) is 0 Å². The molecule has 13 heteroatoms. The number of aromatic nitrogens is 2. The van der Waals surface area contributed by atoms with E-state index in [2.05, 4.69) is 14.2 Å². The third-order valence-electron chi connectivity index (χ3n) is 8.04. The molecule has 2 aromatic carbocycles. The molecule has 2 saturated carbocycles.